The Morgan fingerprint density at radius 3 is 2.79 bits per heavy atom. The third kappa shape index (κ3) is 5.11. The molecule has 2 heterocycles. The zero-order valence-corrected chi connectivity index (χ0v) is 18.4. The van der Waals surface area contributed by atoms with E-state index in [0.717, 1.165) is 35.4 Å². The number of benzene rings is 2. The normalized spacial score (nSPS) is 15.8. The van der Waals surface area contributed by atoms with Gasteiger partial charge in [-0.1, -0.05) is 18.2 Å². The maximum atomic E-state index is 12.6. The van der Waals surface area contributed by atoms with Crippen LogP contribution in [0.3, 0.4) is 0 Å². The molecule has 2 aromatic carbocycles. The summed E-state index contributed by atoms with van der Waals surface area (Å²) in [5, 5.41) is 3.07. The van der Waals surface area contributed by atoms with Crippen molar-refractivity contribution < 1.29 is 14.3 Å². The van der Waals surface area contributed by atoms with E-state index in [1.165, 1.54) is 0 Å². The highest BCUT2D eigenvalue weighted by Crippen LogP contribution is 2.32. The van der Waals surface area contributed by atoms with Crippen molar-refractivity contribution in [1.29, 1.82) is 0 Å². The molecule has 1 amide bonds. The molecule has 4 rings (SSSR count). The van der Waals surface area contributed by atoms with Crippen molar-refractivity contribution in [3.63, 3.8) is 0 Å². The lowest BCUT2D eigenvalue weighted by Gasteiger charge is -2.28. The molecule has 2 aliphatic heterocycles. The summed E-state index contributed by atoms with van der Waals surface area (Å²) in [6.45, 7) is 2.98. The summed E-state index contributed by atoms with van der Waals surface area (Å²) in [5.41, 5.74) is 8.69. The molecule has 0 unspecified atom stereocenters. The monoisotopic (exact) mass is 508 g/mol. The smallest absolute Gasteiger partial charge is 0.254 e. The van der Waals surface area contributed by atoms with Gasteiger partial charge in [0.15, 0.2) is 17.5 Å². The molecule has 2 aliphatic rings. The van der Waals surface area contributed by atoms with Gasteiger partial charge in [0.25, 0.3) is 5.91 Å². The number of carbonyl (C=O) groups is 1. The topological polar surface area (TPSA) is 89.2 Å². The molecular formula is C21H25IN4O3. The standard InChI is InChI=1S/C21H24N4O3.HI/c22-21(24-16-6-7-18-19(14-16)28-13-3-12-27-18)23-9-11-25-10-8-15-4-1-2-5-17(15)20(25)26;/h1-2,4-7,14H,3,8-13H2,(H3,22,23,24);1H. The fourth-order valence-corrected chi connectivity index (χ4v) is 3.41. The number of fused-ring (bicyclic) bond motifs is 2. The van der Waals surface area contributed by atoms with Gasteiger partial charge < -0.3 is 25.4 Å². The van der Waals surface area contributed by atoms with Crippen LogP contribution in [-0.4, -0.2) is 49.6 Å². The van der Waals surface area contributed by atoms with E-state index >= 15 is 0 Å². The average Bonchev–Trinajstić information content (AvgIpc) is 2.95. The highest BCUT2D eigenvalue weighted by Gasteiger charge is 2.23. The maximum absolute atomic E-state index is 12.6. The Kier molecular flexibility index (Phi) is 7.18. The largest absolute Gasteiger partial charge is 0.490 e. The van der Waals surface area contributed by atoms with Gasteiger partial charge in [-0.2, -0.15) is 0 Å². The molecule has 3 N–H and O–H groups in total. The Morgan fingerprint density at radius 1 is 1.14 bits per heavy atom. The third-order valence-electron chi connectivity index (χ3n) is 4.86. The molecule has 0 aliphatic carbocycles. The maximum Gasteiger partial charge on any atom is 0.254 e. The molecule has 0 spiro atoms. The highest BCUT2D eigenvalue weighted by atomic mass is 127. The lowest BCUT2D eigenvalue weighted by molar-refractivity contribution is 0.0745. The van der Waals surface area contributed by atoms with E-state index in [1.54, 1.807) is 0 Å². The third-order valence-corrected chi connectivity index (χ3v) is 4.86. The number of carbonyl (C=O) groups excluding carboxylic acids is 1. The Balaban J connectivity index is 0.00000240. The number of ether oxygens (including phenoxy) is 2. The van der Waals surface area contributed by atoms with Crippen LogP contribution in [0.25, 0.3) is 0 Å². The van der Waals surface area contributed by atoms with Crippen LogP contribution in [0, 0.1) is 0 Å². The molecule has 0 radical (unpaired) electrons. The van der Waals surface area contributed by atoms with Gasteiger partial charge in [0.1, 0.15) is 0 Å². The van der Waals surface area contributed by atoms with Crippen LogP contribution in [0.1, 0.15) is 22.3 Å². The van der Waals surface area contributed by atoms with Crippen molar-refractivity contribution >= 4 is 41.5 Å². The second-order valence-electron chi connectivity index (χ2n) is 6.80. The summed E-state index contributed by atoms with van der Waals surface area (Å²) >= 11 is 0. The second-order valence-corrected chi connectivity index (χ2v) is 6.80. The average molecular weight is 508 g/mol. The SMILES string of the molecule is I.NC(=NCCN1CCc2ccccc2C1=O)Nc1ccc2c(c1)OCCCO2. The highest BCUT2D eigenvalue weighted by molar-refractivity contribution is 14.0. The number of hydrogen-bond acceptors (Lipinski definition) is 4. The van der Waals surface area contributed by atoms with E-state index in [-0.39, 0.29) is 29.9 Å². The summed E-state index contributed by atoms with van der Waals surface area (Å²) in [6.07, 6.45) is 1.73. The van der Waals surface area contributed by atoms with E-state index < -0.39 is 0 Å². The zero-order valence-electron chi connectivity index (χ0n) is 16.1. The van der Waals surface area contributed by atoms with Gasteiger partial charge in [-0.05, 0) is 30.2 Å². The first-order valence-electron chi connectivity index (χ1n) is 9.54. The fourth-order valence-electron chi connectivity index (χ4n) is 3.41. The van der Waals surface area contributed by atoms with Gasteiger partial charge in [0.2, 0.25) is 0 Å². The summed E-state index contributed by atoms with van der Waals surface area (Å²) in [7, 11) is 0. The van der Waals surface area contributed by atoms with E-state index in [2.05, 4.69) is 10.3 Å². The van der Waals surface area contributed by atoms with Crippen molar-refractivity contribution in [2.24, 2.45) is 10.7 Å². The van der Waals surface area contributed by atoms with Crippen molar-refractivity contribution in [2.75, 3.05) is 38.2 Å². The van der Waals surface area contributed by atoms with E-state index in [4.69, 9.17) is 15.2 Å². The number of guanidine groups is 1. The van der Waals surface area contributed by atoms with Crippen LogP contribution in [-0.2, 0) is 6.42 Å². The van der Waals surface area contributed by atoms with Crippen molar-refractivity contribution in [3.8, 4) is 11.5 Å². The fraction of sp³-hybridized carbons (Fsp3) is 0.333. The molecule has 29 heavy (non-hydrogen) atoms. The van der Waals surface area contributed by atoms with E-state index in [9.17, 15) is 4.79 Å². The van der Waals surface area contributed by atoms with Gasteiger partial charge in [-0.3, -0.25) is 9.79 Å². The number of nitrogens with two attached hydrogens (primary N) is 1. The van der Waals surface area contributed by atoms with E-state index in [0.29, 0.717) is 44.6 Å². The summed E-state index contributed by atoms with van der Waals surface area (Å²) < 4.78 is 11.3. The lowest BCUT2D eigenvalue weighted by atomic mass is 9.99. The number of hydrogen-bond donors (Lipinski definition) is 2. The molecule has 0 saturated heterocycles. The molecule has 8 heteroatoms. The molecule has 0 bridgehead atoms. The zero-order chi connectivity index (χ0) is 19.3. The van der Waals surface area contributed by atoms with E-state index in [1.807, 2.05) is 47.4 Å². The Hall–Kier alpha value is -2.49. The Morgan fingerprint density at radius 2 is 1.93 bits per heavy atom. The molecule has 0 saturated carbocycles. The number of nitrogens with zero attached hydrogens (tertiary/aromatic N) is 2. The first-order valence-corrected chi connectivity index (χ1v) is 9.54. The number of amides is 1. The molecule has 0 aromatic heterocycles. The van der Waals surface area contributed by atoms with Gasteiger partial charge in [0, 0.05) is 36.8 Å². The van der Waals surface area contributed by atoms with Crippen LogP contribution in [0.5, 0.6) is 11.5 Å². The predicted molar refractivity (Wildman–Crippen MR) is 124 cm³/mol. The number of halogens is 1. The summed E-state index contributed by atoms with van der Waals surface area (Å²) in [6, 6.07) is 13.4. The molecule has 0 atom stereocenters. The van der Waals surface area contributed by atoms with Crippen LogP contribution >= 0.6 is 24.0 Å². The van der Waals surface area contributed by atoms with Gasteiger partial charge in [0.05, 0.1) is 19.8 Å². The summed E-state index contributed by atoms with van der Waals surface area (Å²) in [5.74, 6) is 1.81. The first kappa shape index (κ1) is 21.2. The number of rotatable bonds is 4. The molecule has 154 valence electrons. The second kappa shape index (κ2) is 9.82. The molecule has 0 fully saturated rings. The number of aliphatic imine (C=N–C) groups is 1. The van der Waals surface area contributed by atoms with Crippen LogP contribution in [0.15, 0.2) is 47.5 Å². The molecule has 2 aromatic rings. The number of anilines is 1. The number of nitrogens with one attached hydrogen (secondary N) is 1. The minimum atomic E-state index is 0. The van der Waals surface area contributed by atoms with Crippen molar-refractivity contribution in [1.82, 2.24) is 4.90 Å². The first-order chi connectivity index (χ1) is 13.7. The van der Waals surface area contributed by atoms with Crippen molar-refractivity contribution in [3.05, 3.63) is 53.6 Å². The Bertz CT molecular complexity index is 903. The quantitative estimate of drug-likeness (QED) is 0.377. The van der Waals surface area contributed by atoms with Crippen molar-refractivity contribution in [2.45, 2.75) is 12.8 Å². The van der Waals surface area contributed by atoms with Crippen LogP contribution in [0.2, 0.25) is 0 Å². The van der Waals surface area contributed by atoms with Gasteiger partial charge in [-0.15, -0.1) is 24.0 Å². The Labute approximate surface area is 187 Å². The van der Waals surface area contributed by atoms with Crippen LogP contribution < -0.4 is 20.5 Å². The minimum Gasteiger partial charge on any atom is -0.490 e. The predicted octanol–water partition coefficient (Wildman–Crippen LogP) is 2.89. The minimum absolute atomic E-state index is 0. The summed E-state index contributed by atoms with van der Waals surface area (Å²) in [4.78, 5) is 18.7. The van der Waals surface area contributed by atoms with Gasteiger partial charge in [-0.25, -0.2) is 0 Å². The van der Waals surface area contributed by atoms with Gasteiger partial charge >= 0.3 is 0 Å². The molecule has 7 nitrogen and oxygen atoms in total. The molecular weight excluding hydrogens is 483 g/mol. The lowest BCUT2D eigenvalue weighted by Crippen LogP contribution is -2.39. The van der Waals surface area contributed by atoms with Crippen LogP contribution in [0.4, 0.5) is 5.69 Å².